The molecule has 4 nitrogen and oxygen atoms in total. The Labute approximate surface area is 167 Å². The molecular weight excluding hydrogens is 368 g/mol. The number of rotatable bonds is 2. The van der Waals surface area contributed by atoms with E-state index in [0.717, 1.165) is 36.2 Å². The zero-order chi connectivity index (χ0) is 19.8. The SMILES string of the molecule is NC1=CC=CC=CC1.O=S(=O)(c1ccccc1)C1CNCCc2ccccc21. The van der Waals surface area contributed by atoms with Crippen LogP contribution in [0.2, 0.25) is 0 Å². The number of nitrogens with two attached hydrogens (primary N) is 1. The van der Waals surface area contributed by atoms with Gasteiger partial charge in [0, 0.05) is 18.7 Å². The molecule has 1 unspecified atom stereocenters. The highest BCUT2D eigenvalue weighted by molar-refractivity contribution is 7.91. The van der Waals surface area contributed by atoms with Crippen LogP contribution in [0.25, 0.3) is 0 Å². The fourth-order valence-corrected chi connectivity index (χ4v) is 5.05. The standard InChI is InChI=1S/C16H17NO2S.C7H9N/c18-20(19,14-7-2-1-3-8-14)16-12-17-11-10-13-6-4-5-9-15(13)16;8-7-5-3-1-2-4-6-7/h1-9,16-17H,10-12H2;1-5H,6,8H2. The number of hydrogen-bond acceptors (Lipinski definition) is 4. The maximum absolute atomic E-state index is 12.9. The van der Waals surface area contributed by atoms with E-state index in [1.165, 1.54) is 0 Å². The van der Waals surface area contributed by atoms with Gasteiger partial charge in [0.1, 0.15) is 5.25 Å². The Hall–Kier alpha value is -2.63. The zero-order valence-corrected chi connectivity index (χ0v) is 16.6. The first-order valence-electron chi connectivity index (χ1n) is 9.44. The Morgan fingerprint density at radius 3 is 2.50 bits per heavy atom. The van der Waals surface area contributed by atoms with E-state index >= 15 is 0 Å². The molecule has 0 saturated carbocycles. The van der Waals surface area contributed by atoms with Crippen LogP contribution in [0.15, 0.2) is 95.6 Å². The fourth-order valence-electron chi connectivity index (χ4n) is 3.29. The Balaban J connectivity index is 0.000000236. The summed E-state index contributed by atoms with van der Waals surface area (Å²) in [6.07, 6.45) is 11.6. The van der Waals surface area contributed by atoms with Crippen LogP contribution in [-0.2, 0) is 16.3 Å². The minimum atomic E-state index is -3.36. The lowest BCUT2D eigenvalue weighted by Gasteiger charge is -2.18. The first-order valence-corrected chi connectivity index (χ1v) is 11.0. The quantitative estimate of drug-likeness (QED) is 0.815. The van der Waals surface area contributed by atoms with Crippen molar-refractivity contribution in [3.63, 3.8) is 0 Å². The summed E-state index contributed by atoms with van der Waals surface area (Å²) in [4.78, 5) is 0.392. The van der Waals surface area contributed by atoms with E-state index in [0.29, 0.717) is 11.4 Å². The van der Waals surface area contributed by atoms with E-state index in [9.17, 15) is 8.42 Å². The molecule has 3 N–H and O–H groups in total. The fraction of sp³-hybridized carbons (Fsp3) is 0.217. The minimum absolute atomic E-state index is 0.392. The van der Waals surface area contributed by atoms with E-state index in [1.807, 2.05) is 60.7 Å². The second-order valence-electron chi connectivity index (χ2n) is 6.76. The van der Waals surface area contributed by atoms with Crippen molar-refractivity contribution in [2.24, 2.45) is 5.73 Å². The van der Waals surface area contributed by atoms with Gasteiger partial charge in [0.15, 0.2) is 9.84 Å². The molecule has 2 aliphatic rings. The summed E-state index contributed by atoms with van der Waals surface area (Å²) in [7, 11) is -3.36. The summed E-state index contributed by atoms with van der Waals surface area (Å²) < 4.78 is 25.7. The summed E-state index contributed by atoms with van der Waals surface area (Å²) in [5.41, 5.74) is 8.48. The van der Waals surface area contributed by atoms with Crippen molar-refractivity contribution < 1.29 is 8.42 Å². The van der Waals surface area contributed by atoms with E-state index in [-0.39, 0.29) is 0 Å². The number of allylic oxidation sites excluding steroid dienone is 5. The molecule has 2 aromatic carbocycles. The van der Waals surface area contributed by atoms with Crippen molar-refractivity contribution in [3.05, 3.63) is 102 Å². The topological polar surface area (TPSA) is 72.2 Å². The van der Waals surface area contributed by atoms with Crippen molar-refractivity contribution in [3.8, 4) is 0 Å². The Bertz CT molecular complexity index is 977. The Kier molecular flexibility index (Phi) is 6.85. The Morgan fingerprint density at radius 1 is 0.929 bits per heavy atom. The van der Waals surface area contributed by atoms with Gasteiger partial charge in [-0.2, -0.15) is 0 Å². The molecular formula is C23H26N2O2S. The predicted molar refractivity (Wildman–Crippen MR) is 115 cm³/mol. The molecule has 0 bridgehead atoms. The second kappa shape index (κ2) is 9.53. The monoisotopic (exact) mass is 394 g/mol. The first-order chi connectivity index (χ1) is 13.6. The van der Waals surface area contributed by atoms with Crippen molar-refractivity contribution in [2.45, 2.75) is 23.0 Å². The third-order valence-electron chi connectivity index (χ3n) is 4.77. The largest absolute Gasteiger partial charge is 0.402 e. The van der Waals surface area contributed by atoms with Gasteiger partial charge in [0.25, 0.3) is 0 Å². The van der Waals surface area contributed by atoms with E-state index in [1.54, 1.807) is 24.3 Å². The summed E-state index contributed by atoms with van der Waals surface area (Å²) in [6, 6.07) is 16.5. The van der Waals surface area contributed by atoms with E-state index < -0.39 is 15.1 Å². The van der Waals surface area contributed by atoms with Crippen LogP contribution in [0.3, 0.4) is 0 Å². The van der Waals surface area contributed by atoms with Crippen molar-refractivity contribution in [1.82, 2.24) is 5.32 Å². The highest BCUT2D eigenvalue weighted by atomic mass is 32.2. The lowest BCUT2D eigenvalue weighted by Crippen LogP contribution is -2.25. The molecule has 1 atom stereocenters. The zero-order valence-electron chi connectivity index (χ0n) is 15.8. The number of sulfone groups is 1. The summed E-state index contributed by atoms with van der Waals surface area (Å²) in [6.45, 7) is 1.28. The minimum Gasteiger partial charge on any atom is -0.402 e. The summed E-state index contributed by atoms with van der Waals surface area (Å²) in [5, 5.41) is 2.73. The van der Waals surface area contributed by atoms with Crippen LogP contribution in [0, 0.1) is 0 Å². The number of benzene rings is 2. The van der Waals surface area contributed by atoms with Gasteiger partial charge in [-0.1, -0.05) is 66.8 Å². The average Bonchev–Trinajstić information content (AvgIpc) is 3.09. The third-order valence-corrected chi connectivity index (χ3v) is 6.87. The van der Waals surface area contributed by atoms with Crippen LogP contribution in [0.4, 0.5) is 0 Å². The summed E-state index contributed by atoms with van der Waals surface area (Å²) >= 11 is 0. The molecule has 1 aliphatic heterocycles. The molecule has 146 valence electrons. The molecule has 1 heterocycles. The maximum Gasteiger partial charge on any atom is 0.186 e. The van der Waals surface area contributed by atoms with E-state index in [4.69, 9.17) is 5.73 Å². The highest BCUT2D eigenvalue weighted by Gasteiger charge is 2.31. The smallest absolute Gasteiger partial charge is 0.186 e. The van der Waals surface area contributed by atoms with Gasteiger partial charge >= 0.3 is 0 Å². The van der Waals surface area contributed by atoms with Gasteiger partial charge < -0.3 is 11.1 Å². The summed E-state index contributed by atoms with van der Waals surface area (Å²) in [5.74, 6) is 0. The van der Waals surface area contributed by atoms with Crippen LogP contribution in [0.5, 0.6) is 0 Å². The lowest BCUT2D eigenvalue weighted by atomic mass is 10.0. The molecule has 0 spiro atoms. The van der Waals surface area contributed by atoms with Crippen molar-refractivity contribution in [1.29, 1.82) is 0 Å². The van der Waals surface area contributed by atoms with Crippen molar-refractivity contribution in [2.75, 3.05) is 13.1 Å². The van der Waals surface area contributed by atoms with Crippen LogP contribution in [0.1, 0.15) is 22.8 Å². The molecule has 0 amide bonds. The van der Waals surface area contributed by atoms with Gasteiger partial charge in [-0.3, -0.25) is 0 Å². The number of nitrogens with one attached hydrogen (secondary N) is 1. The Morgan fingerprint density at radius 2 is 1.68 bits per heavy atom. The molecule has 1 aliphatic carbocycles. The van der Waals surface area contributed by atoms with Crippen LogP contribution < -0.4 is 11.1 Å². The third kappa shape index (κ3) is 5.00. The molecule has 0 fully saturated rings. The molecule has 5 heteroatoms. The second-order valence-corrected chi connectivity index (χ2v) is 8.89. The van der Waals surface area contributed by atoms with Crippen molar-refractivity contribution >= 4 is 9.84 Å². The molecule has 0 aromatic heterocycles. The first kappa shape index (κ1) is 20.1. The molecule has 28 heavy (non-hydrogen) atoms. The average molecular weight is 395 g/mol. The van der Waals surface area contributed by atoms with Crippen LogP contribution in [-0.4, -0.2) is 21.5 Å². The highest BCUT2D eigenvalue weighted by Crippen LogP contribution is 2.31. The molecule has 4 rings (SSSR count). The molecule has 0 radical (unpaired) electrons. The van der Waals surface area contributed by atoms with Gasteiger partial charge in [0.2, 0.25) is 0 Å². The molecule has 0 saturated heterocycles. The van der Waals surface area contributed by atoms with Crippen LogP contribution >= 0.6 is 0 Å². The van der Waals surface area contributed by atoms with Gasteiger partial charge in [0.05, 0.1) is 4.90 Å². The van der Waals surface area contributed by atoms with E-state index in [2.05, 4.69) is 5.32 Å². The number of fused-ring (bicyclic) bond motifs is 1. The maximum atomic E-state index is 12.9. The normalized spacial score (nSPS) is 18.7. The lowest BCUT2D eigenvalue weighted by molar-refractivity contribution is 0.574. The van der Waals surface area contributed by atoms with Gasteiger partial charge in [-0.15, -0.1) is 0 Å². The predicted octanol–water partition coefficient (Wildman–Crippen LogP) is 3.69. The molecule has 2 aromatic rings. The van der Waals surface area contributed by atoms with Gasteiger partial charge in [-0.25, -0.2) is 8.42 Å². The van der Waals surface area contributed by atoms with Gasteiger partial charge in [-0.05, 0) is 42.3 Å². The number of hydrogen-bond donors (Lipinski definition) is 2.